The highest BCUT2D eigenvalue weighted by Crippen LogP contribution is 2.47. The number of nitriles is 1. The van der Waals surface area contributed by atoms with Crippen molar-refractivity contribution in [1.29, 1.82) is 5.26 Å². The summed E-state index contributed by atoms with van der Waals surface area (Å²) in [7, 11) is 0. The Morgan fingerprint density at radius 2 is 1.82 bits per heavy atom. The summed E-state index contributed by atoms with van der Waals surface area (Å²) in [6.45, 7) is 5.26. The van der Waals surface area contributed by atoms with Crippen LogP contribution < -0.4 is 10.9 Å². The molecule has 1 fully saturated rings. The molecule has 0 amide bonds. The monoisotopic (exact) mass is 535 g/mol. The van der Waals surface area contributed by atoms with Crippen LogP contribution >= 0.6 is 0 Å². The number of fused-ring (bicyclic) bond motifs is 2. The van der Waals surface area contributed by atoms with Crippen LogP contribution in [0.1, 0.15) is 93.8 Å². The Morgan fingerprint density at radius 3 is 2.54 bits per heavy atom. The molecule has 39 heavy (non-hydrogen) atoms. The number of benzene rings is 1. The zero-order valence-electron chi connectivity index (χ0n) is 22.7. The molecular formula is C30H35F2N5O2. The van der Waals surface area contributed by atoms with Gasteiger partial charge >= 0.3 is 5.92 Å². The first-order valence-electron chi connectivity index (χ1n) is 13.8. The Kier molecular flexibility index (Phi) is 6.96. The third kappa shape index (κ3) is 4.91. The Balaban J connectivity index is 1.66. The Bertz CT molecular complexity index is 1500. The third-order valence-electron chi connectivity index (χ3n) is 8.36. The minimum absolute atomic E-state index is 0.0198. The normalized spacial score (nSPS) is 24.8. The van der Waals surface area contributed by atoms with Crippen LogP contribution in [0.25, 0.3) is 11.0 Å². The number of anilines is 1. The second-order valence-electron chi connectivity index (χ2n) is 11.4. The fourth-order valence-electron chi connectivity index (χ4n) is 5.61. The first kappa shape index (κ1) is 27.2. The fourth-order valence-corrected chi connectivity index (χ4v) is 5.61. The Labute approximate surface area is 226 Å². The summed E-state index contributed by atoms with van der Waals surface area (Å²) in [5.74, 6) is -2.46. The molecule has 2 N–H and O–H groups in total. The van der Waals surface area contributed by atoms with E-state index in [0.29, 0.717) is 72.5 Å². The number of rotatable bonds is 1. The number of hydrogen-bond donors (Lipinski definition) is 2. The van der Waals surface area contributed by atoms with Crippen LogP contribution in [0.15, 0.2) is 35.1 Å². The molecule has 1 aliphatic carbocycles. The van der Waals surface area contributed by atoms with Gasteiger partial charge in [-0.1, -0.05) is 43.9 Å². The molecule has 1 saturated carbocycles. The maximum absolute atomic E-state index is 15.5. The van der Waals surface area contributed by atoms with Gasteiger partial charge in [0.25, 0.3) is 5.56 Å². The summed E-state index contributed by atoms with van der Waals surface area (Å²) in [6, 6.07) is 9.81. The van der Waals surface area contributed by atoms with E-state index < -0.39 is 23.0 Å². The van der Waals surface area contributed by atoms with Crippen LogP contribution in [-0.4, -0.2) is 25.2 Å². The van der Waals surface area contributed by atoms with Crippen molar-refractivity contribution in [3.05, 3.63) is 63.2 Å². The molecule has 3 heterocycles. The van der Waals surface area contributed by atoms with Gasteiger partial charge in [0, 0.05) is 23.7 Å². The Morgan fingerprint density at radius 1 is 1.10 bits per heavy atom. The molecule has 0 saturated heterocycles. The predicted octanol–water partition coefficient (Wildman–Crippen LogP) is 6.03. The molecule has 1 aromatic carbocycles. The molecule has 0 radical (unpaired) electrons. The molecule has 2 atom stereocenters. The molecule has 2 aromatic heterocycles. The highest BCUT2D eigenvalue weighted by atomic mass is 19.3. The molecule has 9 heteroatoms. The largest absolute Gasteiger partial charge is 0.384 e. The van der Waals surface area contributed by atoms with Gasteiger partial charge in [0.05, 0.1) is 16.9 Å². The molecule has 7 nitrogen and oxygen atoms in total. The van der Waals surface area contributed by atoms with Crippen LogP contribution in [0, 0.1) is 18.3 Å². The third-order valence-corrected chi connectivity index (χ3v) is 8.36. The highest BCUT2D eigenvalue weighted by Gasteiger charge is 2.50. The van der Waals surface area contributed by atoms with Crippen molar-refractivity contribution in [2.45, 2.75) is 102 Å². The van der Waals surface area contributed by atoms with Crippen molar-refractivity contribution < 1.29 is 13.9 Å². The summed E-state index contributed by atoms with van der Waals surface area (Å²) in [4.78, 5) is 22.9. The molecule has 1 unspecified atom stereocenters. The van der Waals surface area contributed by atoms with Gasteiger partial charge in [-0.2, -0.15) is 14.0 Å². The second kappa shape index (κ2) is 9.98. The van der Waals surface area contributed by atoms with Crippen molar-refractivity contribution in [2.75, 3.05) is 5.32 Å². The van der Waals surface area contributed by atoms with Crippen molar-refractivity contribution >= 4 is 16.9 Å². The molecular weight excluding hydrogens is 500 g/mol. The first-order chi connectivity index (χ1) is 18.5. The number of alkyl halides is 2. The van der Waals surface area contributed by atoms with E-state index in [2.05, 4.69) is 21.4 Å². The lowest BCUT2D eigenvalue weighted by molar-refractivity contribution is -0.182. The standard InChI is InChI=1S/C30H35F2N5O2/c1-19-21-10-9-11-22(16-21)30(31,32)28(3,39)12-7-5-4-6-8-15-37-26-23(25(34-19)35-20(2)36-26)17-24(27(37)38)29(18-33)13-14-29/h9-11,16-17,19,39H,4-8,12-15H2,1-3H3,(H,34,35,36)/t19-,28?/m1/s1. The smallest absolute Gasteiger partial charge is 0.300 e. The average Bonchev–Trinajstić information content (AvgIpc) is 3.69. The quantitative estimate of drug-likeness (QED) is 0.395. The lowest BCUT2D eigenvalue weighted by atomic mass is 9.86. The van der Waals surface area contributed by atoms with E-state index >= 15 is 8.78 Å². The van der Waals surface area contributed by atoms with Crippen LogP contribution in [0.2, 0.25) is 0 Å². The summed E-state index contributed by atoms with van der Waals surface area (Å²) >= 11 is 0. The number of aryl methyl sites for hydroxylation is 2. The maximum atomic E-state index is 15.5. The SMILES string of the molecule is Cc1nc2c3cc(C4(C#N)CC4)c(=O)n(c3n1)CCCCCCCC(C)(O)C(F)(F)c1cccc(c1)[C@@H](C)N2. The van der Waals surface area contributed by atoms with Crippen LogP contribution in [0.3, 0.4) is 0 Å². The predicted molar refractivity (Wildman–Crippen MR) is 146 cm³/mol. The Hall–Kier alpha value is -3.38. The molecule has 0 spiro atoms. The van der Waals surface area contributed by atoms with Gasteiger partial charge in [-0.05, 0) is 64.2 Å². The number of hydrogen-bond acceptors (Lipinski definition) is 6. The number of nitrogens with one attached hydrogen (secondary N) is 1. The second-order valence-corrected chi connectivity index (χ2v) is 11.4. The highest BCUT2D eigenvalue weighted by molar-refractivity contribution is 5.88. The molecule has 6 bridgehead atoms. The number of nitrogens with zero attached hydrogens (tertiary/aromatic N) is 4. The van der Waals surface area contributed by atoms with Crippen molar-refractivity contribution in [3.8, 4) is 6.07 Å². The van der Waals surface area contributed by atoms with E-state index in [9.17, 15) is 15.2 Å². The molecule has 3 aromatic rings. The van der Waals surface area contributed by atoms with E-state index in [1.807, 2.05) is 6.92 Å². The van der Waals surface area contributed by atoms with E-state index in [1.165, 1.54) is 19.1 Å². The van der Waals surface area contributed by atoms with E-state index in [4.69, 9.17) is 0 Å². The number of halogens is 2. The van der Waals surface area contributed by atoms with E-state index in [-0.39, 0.29) is 17.5 Å². The zero-order chi connectivity index (χ0) is 28.0. The van der Waals surface area contributed by atoms with Crippen LogP contribution in [0.5, 0.6) is 0 Å². The van der Waals surface area contributed by atoms with E-state index in [0.717, 1.165) is 12.8 Å². The van der Waals surface area contributed by atoms with Gasteiger partial charge in [-0.3, -0.25) is 9.36 Å². The maximum Gasteiger partial charge on any atom is 0.300 e. The van der Waals surface area contributed by atoms with Crippen molar-refractivity contribution in [2.24, 2.45) is 0 Å². The summed E-state index contributed by atoms with van der Waals surface area (Å²) in [6.07, 6.45) is 4.73. The molecule has 206 valence electrons. The van der Waals surface area contributed by atoms with Gasteiger partial charge in [0.15, 0.2) is 0 Å². The minimum atomic E-state index is -3.42. The summed E-state index contributed by atoms with van der Waals surface area (Å²) in [5.41, 5.74) is -1.78. The zero-order valence-corrected chi connectivity index (χ0v) is 22.7. The average molecular weight is 536 g/mol. The van der Waals surface area contributed by atoms with Crippen LogP contribution in [-0.2, 0) is 17.9 Å². The lowest BCUT2D eigenvalue weighted by Gasteiger charge is -2.33. The molecule has 1 aliphatic heterocycles. The number of aliphatic hydroxyl groups is 1. The van der Waals surface area contributed by atoms with Gasteiger partial charge in [0.1, 0.15) is 22.9 Å². The van der Waals surface area contributed by atoms with Gasteiger partial charge in [0.2, 0.25) is 0 Å². The number of pyridine rings is 1. The van der Waals surface area contributed by atoms with Crippen molar-refractivity contribution in [1.82, 2.24) is 14.5 Å². The molecule has 5 rings (SSSR count). The first-order valence-corrected chi connectivity index (χ1v) is 13.8. The molecule has 2 aliphatic rings. The lowest BCUT2D eigenvalue weighted by Crippen LogP contribution is -2.43. The van der Waals surface area contributed by atoms with Gasteiger partial charge in [-0.25, -0.2) is 9.97 Å². The minimum Gasteiger partial charge on any atom is -0.384 e. The van der Waals surface area contributed by atoms with E-state index in [1.54, 1.807) is 29.7 Å². The summed E-state index contributed by atoms with van der Waals surface area (Å²) in [5, 5.41) is 24.7. The number of aromatic nitrogens is 3. The fraction of sp³-hybridized carbons (Fsp3) is 0.533. The van der Waals surface area contributed by atoms with Gasteiger partial charge in [-0.15, -0.1) is 0 Å². The van der Waals surface area contributed by atoms with Crippen molar-refractivity contribution in [3.63, 3.8) is 0 Å². The van der Waals surface area contributed by atoms with Crippen LogP contribution in [0.4, 0.5) is 14.6 Å². The summed E-state index contributed by atoms with van der Waals surface area (Å²) < 4.78 is 32.7. The van der Waals surface area contributed by atoms with Gasteiger partial charge < -0.3 is 10.4 Å². The topological polar surface area (TPSA) is 104 Å².